The Morgan fingerprint density at radius 3 is 2.30 bits per heavy atom. The molecule has 0 spiro atoms. The molecule has 1 atom stereocenters. The zero-order valence-electron chi connectivity index (χ0n) is 10.3. The summed E-state index contributed by atoms with van der Waals surface area (Å²) in [6.45, 7) is 1.62. The number of alkyl carbamates (subject to hydrolysis) is 1. The minimum Gasteiger partial charge on any atom is -0.450 e. The second kappa shape index (κ2) is 6.85. The monoisotopic (exact) mass is 359 g/mol. The van der Waals surface area contributed by atoms with Gasteiger partial charge < -0.3 is 10.1 Å². The predicted octanol–water partition coefficient (Wildman–Crippen LogP) is 2.90. The van der Waals surface area contributed by atoms with E-state index >= 15 is 0 Å². The smallest absolute Gasteiger partial charge is 0.408 e. The van der Waals surface area contributed by atoms with Crippen molar-refractivity contribution < 1.29 is 17.9 Å². The van der Waals surface area contributed by atoms with Gasteiger partial charge in [-0.3, -0.25) is 0 Å². The molecule has 1 N–H and O–H groups in total. The molecule has 1 aromatic carbocycles. The first-order valence-corrected chi connectivity index (χ1v) is 8.16. The Hall–Kier alpha value is -0.690. The van der Waals surface area contributed by atoms with Gasteiger partial charge in [-0.25, -0.2) is 13.2 Å². The van der Waals surface area contributed by atoms with Crippen LogP contribution in [-0.4, -0.2) is 30.3 Å². The van der Waals surface area contributed by atoms with Crippen molar-refractivity contribution in [2.75, 3.05) is 6.61 Å². The van der Waals surface area contributed by atoms with Crippen molar-refractivity contribution in [1.82, 2.24) is 5.32 Å². The number of amides is 1. The molecule has 0 radical (unpaired) electrons. The van der Waals surface area contributed by atoms with Crippen molar-refractivity contribution in [1.29, 1.82) is 0 Å². The average Bonchev–Trinajstić information content (AvgIpc) is 2.36. The van der Waals surface area contributed by atoms with Gasteiger partial charge in [-0.05, 0) is 19.1 Å². The van der Waals surface area contributed by atoms with Gasteiger partial charge in [-0.1, -0.05) is 53.0 Å². The number of carbonyl (C=O) groups excluding carboxylic acids is 1. The van der Waals surface area contributed by atoms with E-state index in [0.29, 0.717) is 0 Å². The third kappa shape index (κ3) is 4.41. The van der Waals surface area contributed by atoms with Crippen LogP contribution in [0.4, 0.5) is 4.79 Å². The molecule has 0 saturated heterocycles. The maximum atomic E-state index is 12.4. The molecular weight excluding hydrogens is 349 g/mol. The second-order valence-corrected chi connectivity index (χ2v) is 8.05. The molecule has 0 fully saturated rings. The van der Waals surface area contributed by atoms with Crippen molar-refractivity contribution in [2.24, 2.45) is 0 Å². The molecule has 0 aliphatic heterocycles. The zero-order valence-corrected chi connectivity index (χ0v) is 13.4. The molecule has 0 bridgehead atoms. The van der Waals surface area contributed by atoms with Crippen LogP contribution in [0.2, 0.25) is 0 Å². The van der Waals surface area contributed by atoms with Gasteiger partial charge in [0.1, 0.15) is 0 Å². The first-order chi connectivity index (χ1) is 9.19. The number of rotatable bonds is 4. The summed E-state index contributed by atoms with van der Waals surface area (Å²) in [5, 5.41) is 0.289. The lowest BCUT2D eigenvalue weighted by atomic mass is 10.4. The van der Waals surface area contributed by atoms with Crippen LogP contribution in [0.15, 0.2) is 35.2 Å². The number of alkyl halides is 3. The van der Waals surface area contributed by atoms with Gasteiger partial charge in [0.2, 0.25) is 13.6 Å². The molecule has 0 heterocycles. The number of benzene rings is 1. The van der Waals surface area contributed by atoms with Gasteiger partial charge in [-0.15, -0.1) is 0 Å². The fourth-order valence-electron chi connectivity index (χ4n) is 1.36. The standard InChI is InChI=1S/C11H12Cl3NO4S/c1-2-19-10(16)15-9(11(12,13)14)20(17,18)8-6-4-3-5-7-8/h3-7,9H,2H2,1H3,(H,15,16)/t9-/m0/s1. The summed E-state index contributed by atoms with van der Waals surface area (Å²) in [5.74, 6) is 0. The Morgan fingerprint density at radius 1 is 1.30 bits per heavy atom. The van der Waals surface area contributed by atoms with Gasteiger partial charge in [0.15, 0.2) is 5.37 Å². The molecule has 112 valence electrons. The van der Waals surface area contributed by atoms with Crippen molar-refractivity contribution in [3.05, 3.63) is 30.3 Å². The predicted molar refractivity (Wildman–Crippen MR) is 77.9 cm³/mol. The van der Waals surface area contributed by atoms with Crippen molar-refractivity contribution >= 4 is 50.7 Å². The number of hydrogen-bond donors (Lipinski definition) is 1. The van der Waals surface area contributed by atoms with E-state index < -0.39 is 25.1 Å². The number of hydrogen-bond acceptors (Lipinski definition) is 4. The molecule has 0 aromatic heterocycles. The van der Waals surface area contributed by atoms with E-state index in [1.54, 1.807) is 13.0 Å². The topological polar surface area (TPSA) is 72.5 Å². The van der Waals surface area contributed by atoms with Crippen molar-refractivity contribution in [2.45, 2.75) is 21.0 Å². The number of ether oxygens (including phenoxy) is 1. The lowest BCUT2D eigenvalue weighted by Crippen LogP contribution is -2.49. The van der Waals surface area contributed by atoms with Crippen LogP contribution in [0.3, 0.4) is 0 Å². The lowest BCUT2D eigenvalue weighted by molar-refractivity contribution is 0.151. The summed E-state index contributed by atoms with van der Waals surface area (Å²) < 4.78 is 27.1. The number of nitrogens with one attached hydrogen (secondary N) is 1. The van der Waals surface area contributed by atoms with Crippen LogP contribution in [0.25, 0.3) is 0 Å². The van der Waals surface area contributed by atoms with E-state index in [0.717, 1.165) is 0 Å². The minimum atomic E-state index is -4.08. The Balaban J connectivity index is 3.15. The van der Waals surface area contributed by atoms with Gasteiger partial charge in [0.25, 0.3) is 0 Å². The highest BCUT2D eigenvalue weighted by Crippen LogP contribution is 2.35. The fourth-order valence-corrected chi connectivity index (χ4v) is 3.99. The highest BCUT2D eigenvalue weighted by molar-refractivity contribution is 7.92. The highest BCUT2D eigenvalue weighted by Gasteiger charge is 2.44. The molecule has 0 aliphatic carbocycles. The first kappa shape index (κ1) is 17.4. The Labute approximate surface area is 132 Å². The first-order valence-electron chi connectivity index (χ1n) is 5.48. The van der Waals surface area contributed by atoms with E-state index in [4.69, 9.17) is 34.8 Å². The van der Waals surface area contributed by atoms with Crippen molar-refractivity contribution in [3.8, 4) is 0 Å². The molecule has 0 aliphatic rings. The second-order valence-electron chi connectivity index (χ2n) is 3.64. The Morgan fingerprint density at radius 2 is 1.85 bits per heavy atom. The summed E-state index contributed by atoms with van der Waals surface area (Å²) >= 11 is 17.0. The molecule has 5 nitrogen and oxygen atoms in total. The largest absolute Gasteiger partial charge is 0.450 e. The third-order valence-corrected chi connectivity index (χ3v) is 5.27. The Kier molecular flexibility index (Phi) is 5.94. The molecule has 1 amide bonds. The maximum absolute atomic E-state index is 12.4. The molecule has 9 heteroatoms. The Bertz CT molecular complexity index is 557. The zero-order chi connectivity index (χ0) is 15.4. The van der Waals surface area contributed by atoms with E-state index in [9.17, 15) is 13.2 Å². The summed E-state index contributed by atoms with van der Waals surface area (Å²) in [5.41, 5.74) is 0. The molecule has 0 unspecified atom stereocenters. The number of sulfone groups is 1. The molecular formula is C11H12Cl3NO4S. The maximum Gasteiger partial charge on any atom is 0.408 e. The van der Waals surface area contributed by atoms with Gasteiger partial charge >= 0.3 is 6.09 Å². The molecule has 1 aromatic rings. The van der Waals surface area contributed by atoms with E-state index in [1.807, 2.05) is 0 Å². The van der Waals surface area contributed by atoms with E-state index in [2.05, 4.69) is 10.1 Å². The summed E-state index contributed by atoms with van der Waals surface area (Å²) in [4.78, 5) is 11.3. The number of carbonyl (C=O) groups is 1. The van der Waals surface area contributed by atoms with Crippen LogP contribution in [-0.2, 0) is 14.6 Å². The average molecular weight is 361 g/mol. The van der Waals surface area contributed by atoms with Crippen LogP contribution < -0.4 is 5.32 Å². The molecule has 0 saturated carbocycles. The SMILES string of the molecule is CCOC(=O)N[C@H](C(Cl)(Cl)Cl)S(=O)(=O)c1ccccc1. The third-order valence-electron chi connectivity index (χ3n) is 2.20. The van der Waals surface area contributed by atoms with Crippen LogP contribution in [0.1, 0.15) is 6.92 Å². The fraction of sp³-hybridized carbons (Fsp3) is 0.364. The normalized spacial score (nSPS) is 13.6. The quantitative estimate of drug-likeness (QED) is 0.838. The van der Waals surface area contributed by atoms with Gasteiger partial charge in [0.05, 0.1) is 11.5 Å². The summed E-state index contributed by atoms with van der Waals surface area (Å²) in [6, 6.07) is 7.36. The minimum absolute atomic E-state index is 0.0593. The van der Waals surface area contributed by atoms with Gasteiger partial charge in [-0.2, -0.15) is 0 Å². The van der Waals surface area contributed by atoms with Crippen LogP contribution in [0, 0.1) is 0 Å². The summed E-state index contributed by atoms with van der Waals surface area (Å²) in [7, 11) is -4.08. The highest BCUT2D eigenvalue weighted by atomic mass is 35.6. The molecule has 1 rings (SSSR count). The van der Waals surface area contributed by atoms with E-state index in [1.165, 1.54) is 24.3 Å². The summed E-state index contributed by atoms with van der Waals surface area (Å²) in [6.07, 6.45) is -0.983. The lowest BCUT2D eigenvalue weighted by Gasteiger charge is -2.25. The molecule has 20 heavy (non-hydrogen) atoms. The number of halogens is 3. The van der Waals surface area contributed by atoms with Crippen molar-refractivity contribution in [3.63, 3.8) is 0 Å². The van der Waals surface area contributed by atoms with Crippen LogP contribution in [0.5, 0.6) is 0 Å². The van der Waals surface area contributed by atoms with Gasteiger partial charge in [0, 0.05) is 0 Å². The van der Waals surface area contributed by atoms with Crippen LogP contribution >= 0.6 is 34.8 Å². The van der Waals surface area contributed by atoms with E-state index in [-0.39, 0.29) is 11.5 Å².